The van der Waals surface area contributed by atoms with Gasteiger partial charge in [0.25, 0.3) is 0 Å². The van der Waals surface area contributed by atoms with Crippen molar-refractivity contribution in [2.75, 3.05) is 39.3 Å². The Hall–Kier alpha value is -3.12. The molecule has 2 aliphatic rings. The number of nitrogens with zero attached hydrogens (tertiary/aromatic N) is 2. The van der Waals surface area contributed by atoms with Crippen molar-refractivity contribution in [3.8, 4) is 0 Å². The molecule has 0 bridgehead atoms. The zero-order valence-electron chi connectivity index (χ0n) is 29.3. The van der Waals surface area contributed by atoms with E-state index in [9.17, 15) is 28.6 Å². The molecular weight excluding hydrogens is 794 g/mol. The van der Waals surface area contributed by atoms with Crippen molar-refractivity contribution in [2.24, 2.45) is 0 Å². The summed E-state index contributed by atoms with van der Waals surface area (Å²) in [6.45, 7) is 4.94. The van der Waals surface area contributed by atoms with Gasteiger partial charge in [0.05, 0.1) is 11.2 Å². The Morgan fingerprint density at radius 1 is 0.538 bits per heavy atom. The number of benzene rings is 4. The van der Waals surface area contributed by atoms with Gasteiger partial charge in [-0.25, -0.2) is 8.78 Å². The molecule has 10 heteroatoms. The smallest absolute Gasteiger partial charge is 0.162 e. The average Bonchev–Trinajstić information content (AvgIpc) is 3.14. The van der Waals surface area contributed by atoms with Crippen LogP contribution in [0.1, 0.15) is 83.2 Å². The molecule has 2 fully saturated rings. The normalized spacial score (nSPS) is 17.2. The first-order valence-corrected chi connectivity index (χ1v) is 19.5. The number of hydrogen-bond acceptors (Lipinski definition) is 6. The number of hydrogen-bond donors (Lipinski definition) is 2. The molecule has 0 radical (unpaired) electrons. The van der Waals surface area contributed by atoms with Gasteiger partial charge in [-0.05, 0) is 136 Å². The molecule has 0 aliphatic carbocycles. The number of rotatable bonds is 12. The Morgan fingerprint density at radius 3 is 1.15 bits per heavy atom. The number of Topliss-reactive ketones (excluding diaryl/α,β-unsaturated/α-hetero) is 2. The van der Waals surface area contributed by atoms with Gasteiger partial charge in [-0.15, -0.1) is 0 Å². The number of halogens is 4. The lowest BCUT2D eigenvalue weighted by Gasteiger charge is -2.38. The number of carbonyl (C=O) groups is 2. The SMILES string of the molecule is O=C(CCCN1CCC(O)(c2ccc(Br)cc2)CC1)c1ccc(F)cc1.O=C(CCCN1CCC(O)(c2ccc(Br)cc2)CC1)c1ccc(F)cc1. The third kappa shape index (κ3) is 11.4. The van der Waals surface area contributed by atoms with E-state index in [0.29, 0.717) is 49.7 Å². The van der Waals surface area contributed by atoms with Crippen LogP contribution in [0.5, 0.6) is 0 Å². The van der Waals surface area contributed by atoms with Gasteiger partial charge in [0.15, 0.2) is 11.6 Å². The van der Waals surface area contributed by atoms with E-state index in [1.807, 2.05) is 48.5 Å². The summed E-state index contributed by atoms with van der Waals surface area (Å²) in [7, 11) is 0. The summed E-state index contributed by atoms with van der Waals surface area (Å²) in [4.78, 5) is 28.9. The van der Waals surface area contributed by atoms with Gasteiger partial charge in [0, 0.05) is 59.1 Å². The highest BCUT2D eigenvalue weighted by Crippen LogP contribution is 2.35. The maximum atomic E-state index is 12.9. The minimum Gasteiger partial charge on any atom is -0.385 e. The zero-order valence-corrected chi connectivity index (χ0v) is 32.4. The maximum absolute atomic E-state index is 12.9. The first kappa shape index (κ1) is 40.1. The van der Waals surface area contributed by atoms with Crippen molar-refractivity contribution in [1.82, 2.24) is 9.80 Å². The summed E-state index contributed by atoms with van der Waals surface area (Å²) < 4.78 is 27.8. The van der Waals surface area contributed by atoms with Crippen LogP contribution in [0.25, 0.3) is 0 Å². The number of piperidine rings is 2. The Bertz CT molecular complexity index is 1610. The Balaban J connectivity index is 0.000000201. The molecular formula is C42H46Br2F2N2O4. The van der Waals surface area contributed by atoms with Crippen LogP contribution < -0.4 is 0 Å². The first-order chi connectivity index (χ1) is 24.9. The van der Waals surface area contributed by atoms with Gasteiger partial charge in [-0.1, -0.05) is 56.1 Å². The van der Waals surface area contributed by atoms with Gasteiger partial charge in [-0.3, -0.25) is 9.59 Å². The molecule has 2 saturated heterocycles. The zero-order chi connectivity index (χ0) is 37.1. The number of ketones is 2. The van der Waals surface area contributed by atoms with Crippen LogP contribution in [-0.2, 0) is 11.2 Å². The fourth-order valence-corrected chi connectivity index (χ4v) is 7.41. The van der Waals surface area contributed by atoms with E-state index < -0.39 is 11.2 Å². The standard InChI is InChI=1S/2C21H23BrFNO2/c2*22-18-7-5-17(6-8-18)21(26)11-14-24(15-12-21)13-1-2-20(25)16-3-9-19(23)10-4-16/h2*3-10,26H,1-2,11-15H2. The van der Waals surface area contributed by atoms with Gasteiger partial charge >= 0.3 is 0 Å². The predicted octanol–water partition coefficient (Wildman–Crippen LogP) is 9.07. The minimum atomic E-state index is -0.763. The average molecular weight is 841 g/mol. The Morgan fingerprint density at radius 2 is 0.846 bits per heavy atom. The third-order valence-corrected chi connectivity index (χ3v) is 11.3. The van der Waals surface area contributed by atoms with E-state index >= 15 is 0 Å². The Kier molecular flexibility index (Phi) is 14.5. The summed E-state index contributed by atoms with van der Waals surface area (Å²) in [5, 5.41) is 21.8. The van der Waals surface area contributed by atoms with Crippen LogP contribution in [0, 0.1) is 11.6 Å². The molecule has 4 aromatic carbocycles. The van der Waals surface area contributed by atoms with Crippen LogP contribution in [0.4, 0.5) is 8.78 Å². The highest BCUT2D eigenvalue weighted by molar-refractivity contribution is 9.10. The minimum absolute atomic E-state index is 0.0494. The van der Waals surface area contributed by atoms with Crippen LogP contribution in [-0.4, -0.2) is 70.8 Å². The molecule has 0 saturated carbocycles. The van der Waals surface area contributed by atoms with Crippen molar-refractivity contribution in [3.63, 3.8) is 0 Å². The molecule has 0 unspecified atom stereocenters. The largest absolute Gasteiger partial charge is 0.385 e. The Labute approximate surface area is 322 Å². The van der Waals surface area contributed by atoms with E-state index in [1.165, 1.54) is 48.5 Å². The van der Waals surface area contributed by atoms with Crippen LogP contribution in [0.2, 0.25) is 0 Å². The van der Waals surface area contributed by atoms with E-state index in [-0.39, 0.29) is 23.2 Å². The van der Waals surface area contributed by atoms with Crippen molar-refractivity contribution in [2.45, 2.75) is 62.6 Å². The molecule has 6 nitrogen and oxygen atoms in total. The number of aliphatic hydroxyl groups is 2. The lowest BCUT2D eigenvalue weighted by molar-refractivity contribution is -0.0263. The van der Waals surface area contributed by atoms with E-state index in [1.54, 1.807) is 0 Å². The predicted molar refractivity (Wildman–Crippen MR) is 207 cm³/mol. The van der Waals surface area contributed by atoms with Crippen LogP contribution in [0.3, 0.4) is 0 Å². The van der Waals surface area contributed by atoms with Crippen molar-refractivity contribution in [1.29, 1.82) is 0 Å². The quantitative estimate of drug-likeness (QED) is 0.139. The summed E-state index contributed by atoms with van der Waals surface area (Å²) in [6.07, 6.45) is 5.24. The van der Waals surface area contributed by atoms with E-state index in [4.69, 9.17) is 0 Å². The molecule has 4 aromatic rings. The lowest BCUT2D eigenvalue weighted by atomic mass is 9.84. The highest BCUT2D eigenvalue weighted by atomic mass is 79.9. The first-order valence-electron chi connectivity index (χ1n) is 17.9. The summed E-state index contributed by atoms with van der Waals surface area (Å²) in [5.41, 5.74) is 1.53. The van der Waals surface area contributed by atoms with Gasteiger partial charge in [-0.2, -0.15) is 0 Å². The lowest BCUT2D eigenvalue weighted by Crippen LogP contribution is -2.42. The van der Waals surface area contributed by atoms with Crippen molar-refractivity contribution >= 4 is 43.4 Å². The van der Waals surface area contributed by atoms with E-state index in [2.05, 4.69) is 41.7 Å². The summed E-state index contributed by atoms with van der Waals surface area (Å²) in [5.74, 6) is -0.553. The monoisotopic (exact) mass is 838 g/mol. The molecule has 0 atom stereocenters. The van der Waals surface area contributed by atoms with Gasteiger partial charge < -0.3 is 20.0 Å². The fraction of sp³-hybridized carbons (Fsp3) is 0.381. The van der Waals surface area contributed by atoms with Crippen molar-refractivity contribution in [3.05, 3.63) is 140 Å². The molecule has 0 amide bonds. The third-order valence-electron chi connectivity index (χ3n) is 10.2. The topological polar surface area (TPSA) is 81.1 Å². The van der Waals surface area contributed by atoms with E-state index in [0.717, 1.165) is 72.2 Å². The summed E-state index contributed by atoms with van der Waals surface area (Å²) >= 11 is 6.84. The van der Waals surface area contributed by atoms with Crippen LogP contribution in [0.15, 0.2) is 106 Å². The maximum Gasteiger partial charge on any atom is 0.162 e. The van der Waals surface area contributed by atoms with Crippen molar-refractivity contribution < 1.29 is 28.6 Å². The molecule has 276 valence electrons. The molecule has 2 N–H and O–H groups in total. The number of likely N-dealkylation sites (tertiary alicyclic amines) is 2. The second-order valence-electron chi connectivity index (χ2n) is 13.8. The molecule has 0 aromatic heterocycles. The molecule has 6 rings (SSSR count). The molecule has 2 heterocycles. The second-order valence-corrected chi connectivity index (χ2v) is 15.7. The number of carbonyl (C=O) groups excluding carboxylic acids is 2. The molecule has 52 heavy (non-hydrogen) atoms. The fourth-order valence-electron chi connectivity index (χ4n) is 6.88. The van der Waals surface area contributed by atoms with Gasteiger partial charge in [0.1, 0.15) is 11.6 Å². The summed E-state index contributed by atoms with van der Waals surface area (Å²) in [6, 6.07) is 27.2. The highest BCUT2D eigenvalue weighted by Gasteiger charge is 2.34. The molecule has 2 aliphatic heterocycles. The molecule has 0 spiro atoms. The van der Waals surface area contributed by atoms with Gasteiger partial charge in [0.2, 0.25) is 0 Å². The second kappa shape index (κ2) is 18.8. The van der Waals surface area contributed by atoms with Crippen LogP contribution >= 0.6 is 31.9 Å².